The first-order valence-electron chi connectivity index (χ1n) is 9.95. The monoisotopic (exact) mass is 429 g/mol. The van der Waals surface area contributed by atoms with E-state index in [1.165, 1.54) is 5.56 Å². The number of ether oxygens (including phenoxy) is 1. The van der Waals surface area contributed by atoms with Gasteiger partial charge in [-0.25, -0.2) is 0 Å². The number of nitrogens with zero attached hydrogens (tertiary/aromatic N) is 2. The number of hydrogen-bond donors (Lipinski definition) is 1. The maximum atomic E-state index is 13.5. The number of methoxy groups -OCH3 is 1. The van der Waals surface area contributed by atoms with Crippen LogP contribution >= 0.6 is 11.6 Å². The second kappa shape index (κ2) is 7.60. The lowest BCUT2D eigenvalue weighted by atomic mass is 9.95. The first-order chi connectivity index (χ1) is 15.1. The molecule has 3 aromatic carbocycles. The van der Waals surface area contributed by atoms with Crippen LogP contribution in [-0.2, 0) is 0 Å². The van der Waals surface area contributed by atoms with Crippen molar-refractivity contribution in [2.24, 2.45) is 0 Å². The predicted octanol–water partition coefficient (Wildman–Crippen LogP) is 5.80. The van der Waals surface area contributed by atoms with E-state index in [-0.39, 0.29) is 11.9 Å². The average Bonchev–Trinajstić information content (AvgIpc) is 3.34. The number of nitrogens with one attached hydrogen (secondary N) is 1. The Bertz CT molecular complexity index is 1250. The maximum Gasteiger partial charge on any atom is 0.277 e. The van der Waals surface area contributed by atoms with Crippen molar-refractivity contribution in [3.63, 3.8) is 0 Å². The van der Waals surface area contributed by atoms with Crippen LogP contribution in [0.5, 0.6) is 5.75 Å². The van der Waals surface area contributed by atoms with Gasteiger partial charge in [0.05, 0.1) is 18.8 Å². The maximum absolute atomic E-state index is 13.5. The van der Waals surface area contributed by atoms with Crippen molar-refractivity contribution in [1.29, 1.82) is 0 Å². The van der Waals surface area contributed by atoms with Gasteiger partial charge in [-0.15, -0.1) is 0 Å². The minimum atomic E-state index is -0.329. The molecule has 2 heterocycles. The van der Waals surface area contributed by atoms with Gasteiger partial charge in [-0.2, -0.15) is 5.10 Å². The molecule has 5 rings (SSSR count). The molecule has 1 aromatic heterocycles. The predicted molar refractivity (Wildman–Crippen MR) is 122 cm³/mol. The van der Waals surface area contributed by atoms with Gasteiger partial charge in [0.25, 0.3) is 5.91 Å². The van der Waals surface area contributed by atoms with Gasteiger partial charge >= 0.3 is 0 Å². The second-order valence-corrected chi connectivity index (χ2v) is 7.99. The fourth-order valence-electron chi connectivity index (χ4n) is 4.05. The van der Waals surface area contributed by atoms with E-state index in [1.807, 2.05) is 67.6 Å². The fraction of sp³-hybridized carbons (Fsp3) is 0.120. The van der Waals surface area contributed by atoms with E-state index in [4.69, 9.17) is 16.3 Å². The number of aryl methyl sites for hydroxylation is 1. The minimum absolute atomic E-state index is 0.121. The van der Waals surface area contributed by atoms with Crippen molar-refractivity contribution < 1.29 is 9.53 Å². The molecule has 0 aliphatic carbocycles. The van der Waals surface area contributed by atoms with E-state index in [0.717, 1.165) is 33.8 Å². The summed E-state index contributed by atoms with van der Waals surface area (Å²) in [5.41, 5.74) is 6.03. The Morgan fingerprint density at radius 2 is 1.65 bits per heavy atom. The van der Waals surface area contributed by atoms with Crippen molar-refractivity contribution in [2.45, 2.75) is 13.0 Å². The zero-order chi connectivity index (χ0) is 21.5. The summed E-state index contributed by atoms with van der Waals surface area (Å²) < 4.78 is 5.32. The molecule has 4 aromatic rings. The van der Waals surface area contributed by atoms with Gasteiger partial charge in [-0.3, -0.25) is 14.8 Å². The van der Waals surface area contributed by atoms with Crippen LogP contribution in [0.3, 0.4) is 0 Å². The highest BCUT2D eigenvalue weighted by molar-refractivity contribution is 6.30. The average molecular weight is 430 g/mol. The molecule has 0 radical (unpaired) electrons. The third-order valence-electron chi connectivity index (χ3n) is 5.63. The van der Waals surface area contributed by atoms with Crippen LogP contribution in [0.25, 0.3) is 11.3 Å². The molecule has 0 bridgehead atoms. The van der Waals surface area contributed by atoms with Crippen molar-refractivity contribution in [3.8, 4) is 17.0 Å². The number of aromatic amines is 1. The Morgan fingerprint density at radius 3 is 2.29 bits per heavy atom. The van der Waals surface area contributed by atoms with Crippen LogP contribution in [0.4, 0.5) is 5.69 Å². The third-order valence-corrected chi connectivity index (χ3v) is 5.88. The summed E-state index contributed by atoms with van der Waals surface area (Å²) in [5, 5.41) is 8.13. The fourth-order valence-corrected chi connectivity index (χ4v) is 4.17. The van der Waals surface area contributed by atoms with Gasteiger partial charge in [0.1, 0.15) is 11.4 Å². The van der Waals surface area contributed by atoms with E-state index in [0.29, 0.717) is 10.7 Å². The number of H-pyrrole nitrogens is 1. The number of rotatable bonds is 4. The molecule has 1 atom stereocenters. The highest BCUT2D eigenvalue weighted by Crippen LogP contribution is 2.45. The number of amides is 1. The minimum Gasteiger partial charge on any atom is -0.497 e. The molecule has 1 amide bonds. The lowest BCUT2D eigenvalue weighted by Gasteiger charge is -2.26. The highest BCUT2D eigenvalue weighted by atomic mass is 35.5. The molecule has 1 unspecified atom stereocenters. The number of benzene rings is 3. The number of carbonyl (C=O) groups is 1. The Kier molecular flexibility index (Phi) is 4.75. The van der Waals surface area contributed by atoms with E-state index in [9.17, 15) is 4.79 Å². The summed E-state index contributed by atoms with van der Waals surface area (Å²) in [4.78, 5) is 15.3. The van der Waals surface area contributed by atoms with Crippen LogP contribution in [0, 0.1) is 6.92 Å². The van der Waals surface area contributed by atoms with E-state index in [1.54, 1.807) is 24.1 Å². The van der Waals surface area contributed by atoms with Crippen LogP contribution in [-0.4, -0.2) is 23.2 Å². The quantitative estimate of drug-likeness (QED) is 0.446. The van der Waals surface area contributed by atoms with E-state index >= 15 is 0 Å². The summed E-state index contributed by atoms with van der Waals surface area (Å²) in [6.45, 7) is 2.05. The SMILES string of the molecule is COc1ccc(C2c3c(-c4ccc(C)cc4)n[nH]c3C(=O)N2c2ccc(Cl)cc2)cc1. The number of carbonyl (C=O) groups excluding carboxylic acids is 1. The molecule has 0 saturated heterocycles. The Hall–Kier alpha value is -3.57. The Balaban J connectivity index is 1.70. The lowest BCUT2D eigenvalue weighted by molar-refractivity contribution is 0.0989. The zero-order valence-electron chi connectivity index (χ0n) is 17.1. The van der Waals surface area contributed by atoms with Gasteiger partial charge in [0, 0.05) is 21.8 Å². The molecule has 0 saturated carbocycles. The molecule has 154 valence electrons. The summed E-state index contributed by atoms with van der Waals surface area (Å²) in [6.07, 6.45) is 0. The van der Waals surface area contributed by atoms with Gasteiger partial charge < -0.3 is 4.74 Å². The van der Waals surface area contributed by atoms with Crippen molar-refractivity contribution in [2.75, 3.05) is 12.0 Å². The standard InChI is InChI=1S/C25H20ClN3O2/c1-15-3-5-16(6-4-15)22-21-23(28-27-22)25(30)29(19-11-9-18(26)10-12-19)24(21)17-7-13-20(31-2)14-8-17/h3-14,24H,1-2H3,(H,27,28). The van der Waals surface area contributed by atoms with Crippen LogP contribution in [0.15, 0.2) is 72.8 Å². The van der Waals surface area contributed by atoms with E-state index < -0.39 is 0 Å². The Morgan fingerprint density at radius 1 is 0.968 bits per heavy atom. The molecule has 0 spiro atoms. The summed E-state index contributed by atoms with van der Waals surface area (Å²) >= 11 is 6.09. The number of aromatic nitrogens is 2. The molecule has 5 nitrogen and oxygen atoms in total. The molecular formula is C25H20ClN3O2. The van der Waals surface area contributed by atoms with Crippen molar-refractivity contribution in [1.82, 2.24) is 10.2 Å². The Labute approximate surface area is 185 Å². The number of halogens is 1. The summed E-state index contributed by atoms with van der Waals surface area (Å²) in [7, 11) is 1.64. The van der Waals surface area contributed by atoms with Gasteiger partial charge in [0.15, 0.2) is 0 Å². The molecule has 1 aliphatic rings. The zero-order valence-corrected chi connectivity index (χ0v) is 17.9. The molecule has 31 heavy (non-hydrogen) atoms. The second-order valence-electron chi connectivity index (χ2n) is 7.55. The smallest absolute Gasteiger partial charge is 0.277 e. The molecule has 6 heteroatoms. The summed E-state index contributed by atoms with van der Waals surface area (Å²) in [5.74, 6) is 0.640. The van der Waals surface area contributed by atoms with Gasteiger partial charge in [-0.1, -0.05) is 53.6 Å². The van der Waals surface area contributed by atoms with Crippen molar-refractivity contribution >= 4 is 23.2 Å². The topological polar surface area (TPSA) is 58.2 Å². The first-order valence-corrected chi connectivity index (χ1v) is 10.3. The molecule has 1 N–H and O–H groups in total. The van der Waals surface area contributed by atoms with Crippen LogP contribution < -0.4 is 9.64 Å². The molecular weight excluding hydrogens is 410 g/mol. The van der Waals surface area contributed by atoms with E-state index in [2.05, 4.69) is 10.2 Å². The first kappa shape index (κ1) is 19.4. The molecule has 0 fully saturated rings. The number of anilines is 1. The number of fused-ring (bicyclic) bond motifs is 1. The molecule has 1 aliphatic heterocycles. The largest absolute Gasteiger partial charge is 0.497 e. The van der Waals surface area contributed by atoms with Crippen LogP contribution in [0.1, 0.15) is 33.2 Å². The van der Waals surface area contributed by atoms with Crippen LogP contribution in [0.2, 0.25) is 5.02 Å². The van der Waals surface area contributed by atoms with Crippen molar-refractivity contribution in [3.05, 3.63) is 100 Å². The lowest BCUT2D eigenvalue weighted by Crippen LogP contribution is -2.29. The summed E-state index contributed by atoms with van der Waals surface area (Å²) in [6, 6.07) is 22.9. The highest BCUT2D eigenvalue weighted by Gasteiger charge is 2.43. The normalized spacial score (nSPS) is 15.3. The van der Waals surface area contributed by atoms with Gasteiger partial charge in [-0.05, 0) is 48.9 Å². The third kappa shape index (κ3) is 3.27. The number of hydrogen-bond acceptors (Lipinski definition) is 3. The van der Waals surface area contributed by atoms with Gasteiger partial charge in [0.2, 0.25) is 0 Å².